The van der Waals surface area contributed by atoms with E-state index in [-0.39, 0.29) is 23.7 Å². The molecule has 1 aliphatic heterocycles. The number of ether oxygens (including phenoxy) is 1. The van der Waals surface area contributed by atoms with Crippen LogP contribution in [0.2, 0.25) is 0 Å². The fourth-order valence-electron chi connectivity index (χ4n) is 3.29. The van der Waals surface area contributed by atoms with Crippen LogP contribution in [0.5, 0.6) is 5.75 Å². The van der Waals surface area contributed by atoms with Gasteiger partial charge in [0.25, 0.3) is 0 Å². The zero-order valence-electron chi connectivity index (χ0n) is 17.3. The predicted octanol–water partition coefficient (Wildman–Crippen LogP) is 4.81. The number of amides is 2. The van der Waals surface area contributed by atoms with Crippen LogP contribution in [0.15, 0.2) is 46.9 Å². The minimum atomic E-state index is -0.105. The molecule has 0 saturated carbocycles. The van der Waals surface area contributed by atoms with Gasteiger partial charge in [0.2, 0.25) is 11.8 Å². The van der Waals surface area contributed by atoms with Crippen LogP contribution in [-0.2, 0) is 9.59 Å². The van der Waals surface area contributed by atoms with Crippen LogP contribution >= 0.6 is 27.7 Å². The monoisotopic (exact) mass is 490 g/mol. The van der Waals surface area contributed by atoms with Crippen LogP contribution in [0.1, 0.15) is 24.0 Å². The number of piperidine rings is 1. The molecule has 7 heteroatoms. The Kier molecular flexibility index (Phi) is 8.22. The first-order valence-electron chi connectivity index (χ1n) is 10.1. The zero-order valence-corrected chi connectivity index (χ0v) is 19.7. The topological polar surface area (TPSA) is 58.6 Å². The predicted molar refractivity (Wildman–Crippen MR) is 126 cm³/mol. The van der Waals surface area contributed by atoms with Gasteiger partial charge in [-0.15, -0.1) is 11.8 Å². The normalized spacial score (nSPS) is 14.4. The Labute approximate surface area is 190 Å². The first-order chi connectivity index (χ1) is 14.4. The average molecular weight is 491 g/mol. The van der Waals surface area contributed by atoms with Gasteiger partial charge in [-0.1, -0.05) is 28.1 Å². The Morgan fingerprint density at radius 3 is 2.57 bits per heavy atom. The fraction of sp³-hybridized carbons (Fsp3) is 0.391. The average Bonchev–Trinajstić information content (AvgIpc) is 2.71. The third-order valence-electron chi connectivity index (χ3n) is 5.14. The lowest BCUT2D eigenvalue weighted by Crippen LogP contribution is -2.42. The van der Waals surface area contributed by atoms with Gasteiger partial charge in [-0.2, -0.15) is 0 Å². The molecular weight excluding hydrogens is 464 g/mol. The highest BCUT2D eigenvalue weighted by Gasteiger charge is 2.24. The highest BCUT2D eigenvalue weighted by atomic mass is 79.9. The van der Waals surface area contributed by atoms with Gasteiger partial charge in [-0.25, -0.2) is 0 Å². The molecule has 0 aromatic heterocycles. The number of hydrogen-bond donors (Lipinski definition) is 1. The van der Waals surface area contributed by atoms with Gasteiger partial charge in [-0.05, 0) is 55.3 Å². The lowest BCUT2D eigenvalue weighted by Gasteiger charge is -2.32. The molecule has 0 bridgehead atoms. The standard InChI is InChI=1S/C23H27BrN2O3S/c1-16-6-7-21(12-17(16)2)29-20-8-10-26(11-9-20)23(28)15-30-14-22(27)25-19-5-3-4-18(24)13-19/h3-7,12-13,20H,8-11,14-15H2,1-2H3,(H,25,27). The summed E-state index contributed by atoms with van der Waals surface area (Å²) >= 11 is 4.73. The zero-order chi connectivity index (χ0) is 21.5. The second kappa shape index (κ2) is 10.9. The summed E-state index contributed by atoms with van der Waals surface area (Å²) in [4.78, 5) is 26.4. The molecular formula is C23H27BrN2O3S. The first-order valence-corrected chi connectivity index (χ1v) is 12.0. The second-order valence-electron chi connectivity index (χ2n) is 7.50. The Balaban J connectivity index is 1.35. The van der Waals surface area contributed by atoms with Gasteiger partial charge in [-0.3, -0.25) is 9.59 Å². The summed E-state index contributed by atoms with van der Waals surface area (Å²) in [6.45, 7) is 5.56. The number of hydrogen-bond acceptors (Lipinski definition) is 4. The van der Waals surface area contributed by atoms with Crippen LogP contribution in [0.3, 0.4) is 0 Å². The molecule has 0 aliphatic carbocycles. The Bertz CT molecular complexity index is 898. The third-order valence-corrected chi connectivity index (χ3v) is 6.55. The van der Waals surface area contributed by atoms with Gasteiger partial charge in [0.05, 0.1) is 11.5 Å². The highest BCUT2D eigenvalue weighted by Crippen LogP contribution is 2.22. The summed E-state index contributed by atoms with van der Waals surface area (Å²) in [6, 6.07) is 13.6. The molecule has 1 aliphatic rings. The molecule has 1 heterocycles. The van der Waals surface area contributed by atoms with E-state index in [1.54, 1.807) is 0 Å². The molecule has 1 fully saturated rings. The number of carbonyl (C=O) groups excluding carboxylic acids is 2. The maximum Gasteiger partial charge on any atom is 0.234 e. The van der Waals surface area contributed by atoms with Crippen molar-refractivity contribution in [2.75, 3.05) is 29.9 Å². The van der Waals surface area contributed by atoms with Crippen molar-refractivity contribution in [2.45, 2.75) is 32.8 Å². The highest BCUT2D eigenvalue weighted by molar-refractivity contribution is 9.10. The number of halogens is 1. The van der Waals surface area contributed by atoms with Gasteiger partial charge >= 0.3 is 0 Å². The molecule has 1 N–H and O–H groups in total. The van der Waals surface area contributed by atoms with E-state index in [0.717, 1.165) is 28.8 Å². The third kappa shape index (κ3) is 6.77. The summed E-state index contributed by atoms with van der Waals surface area (Å²) in [5.41, 5.74) is 3.22. The lowest BCUT2D eigenvalue weighted by atomic mass is 10.1. The number of thioether (sulfide) groups is 1. The Hall–Kier alpha value is -1.99. The van der Waals surface area contributed by atoms with E-state index in [2.05, 4.69) is 47.2 Å². The number of likely N-dealkylation sites (tertiary alicyclic amines) is 1. The molecule has 2 aromatic rings. The number of nitrogens with zero attached hydrogens (tertiary/aromatic N) is 1. The molecule has 30 heavy (non-hydrogen) atoms. The van der Waals surface area contributed by atoms with Crippen molar-refractivity contribution in [2.24, 2.45) is 0 Å². The Morgan fingerprint density at radius 1 is 1.10 bits per heavy atom. The minimum Gasteiger partial charge on any atom is -0.490 e. The van der Waals surface area contributed by atoms with E-state index in [4.69, 9.17) is 4.74 Å². The Morgan fingerprint density at radius 2 is 1.87 bits per heavy atom. The first kappa shape index (κ1) is 22.7. The van der Waals surface area contributed by atoms with E-state index in [0.29, 0.717) is 18.8 Å². The largest absolute Gasteiger partial charge is 0.490 e. The molecule has 1 saturated heterocycles. The van der Waals surface area contributed by atoms with Crippen LogP contribution in [0.4, 0.5) is 5.69 Å². The molecule has 160 valence electrons. The van der Waals surface area contributed by atoms with Gasteiger partial charge in [0.15, 0.2) is 0 Å². The lowest BCUT2D eigenvalue weighted by molar-refractivity contribution is -0.130. The van der Waals surface area contributed by atoms with Crippen molar-refractivity contribution in [1.29, 1.82) is 0 Å². The molecule has 3 rings (SSSR count). The summed E-state index contributed by atoms with van der Waals surface area (Å²) in [5, 5.41) is 2.84. The van der Waals surface area contributed by atoms with Crippen LogP contribution in [0, 0.1) is 13.8 Å². The van der Waals surface area contributed by atoms with Gasteiger partial charge in [0, 0.05) is 36.1 Å². The molecule has 0 unspecified atom stereocenters. The van der Waals surface area contributed by atoms with E-state index in [1.807, 2.05) is 35.2 Å². The molecule has 5 nitrogen and oxygen atoms in total. The molecule has 2 amide bonds. The summed E-state index contributed by atoms with van der Waals surface area (Å²) < 4.78 is 7.01. The van der Waals surface area contributed by atoms with Gasteiger partial charge in [0.1, 0.15) is 11.9 Å². The second-order valence-corrected chi connectivity index (χ2v) is 9.40. The van der Waals surface area contributed by atoms with E-state index < -0.39 is 0 Å². The molecule has 0 radical (unpaired) electrons. The van der Waals surface area contributed by atoms with Crippen LogP contribution in [0.25, 0.3) is 0 Å². The van der Waals surface area contributed by atoms with Crippen molar-refractivity contribution >= 4 is 45.2 Å². The van der Waals surface area contributed by atoms with E-state index in [1.165, 1.54) is 22.9 Å². The number of carbonyl (C=O) groups is 2. The maximum absolute atomic E-state index is 12.5. The quantitative estimate of drug-likeness (QED) is 0.604. The maximum atomic E-state index is 12.5. The van der Waals surface area contributed by atoms with Crippen LogP contribution in [-0.4, -0.2) is 47.4 Å². The van der Waals surface area contributed by atoms with Crippen LogP contribution < -0.4 is 10.1 Å². The van der Waals surface area contributed by atoms with Crippen molar-refractivity contribution < 1.29 is 14.3 Å². The smallest absolute Gasteiger partial charge is 0.234 e. The SMILES string of the molecule is Cc1ccc(OC2CCN(C(=O)CSCC(=O)Nc3cccc(Br)c3)CC2)cc1C. The fourth-order valence-corrected chi connectivity index (χ4v) is 4.40. The van der Waals surface area contributed by atoms with Gasteiger partial charge < -0.3 is 15.0 Å². The number of aryl methyl sites for hydroxylation is 2. The number of rotatable bonds is 7. The number of anilines is 1. The number of benzene rings is 2. The van der Waals surface area contributed by atoms with Crippen molar-refractivity contribution in [3.63, 3.8) is 0 Å². The summed E-state index contributed by atoms with van der Waals surface area (Å²) in [6.07, 6.45) is 1.79. The number of nitrogens with one attached hydrogen (secondary N) is 1. The van der Waals surface area contributed by atoms with E-state index in [9.17, 15) is 9.59 Å². The minimum absolute atomic E-state index is 0.0832. The summed E-state index contributed by atoms with van der Waals surface area (Å²) in [7, 11) is 0. The van der Waals surface area contributed by atoms with Crippen molar-refractivity contribution in [3.8, 4) is 5.75 Å². The summed E-state index contributed by atoms with van der Waals surface area (Å²) in [5.74, 6) is 1.44. The molecule has 2 aromatic carbocycles. The van der Waals surface area contributed by atoms with Crippen molar-refractivity contribution in [3.05, 3.63) is 58.1 Å². The molecule has 0 spiro atoms. The van der Waals surface area contributed by atoms with E-state index >= 15 is 0 Å². The molecule has 0 atom stereocenters. The van der Waals surface area contributed by atoms with Crippen molar-refractivity contribution in [1.82, 2.24) is 4.90 Å².